The number of hydrogen-bond acceptors (Lipinski definition) is 2. The third-order valence-electron chi connectivity index (χ3n) is 1.75. The summed E-state index contributed by atoms with van der Waals surface area (Å²) in [6.45, 7) is 15.1. The van der Waals surface area contributed by atoms with Gasteiger partial charge in [0.25, 0.3) is 0 Å². The third kappa shape index (κ3) is 11.4. The van der Waals surface area contributed by atoms with Crippen LogP contribution in [0.4, 0.5) is 0 Å². The summed E-state index contributed by atoms with van der Waals surface area (Å²) in [5.74, 6) is 3.08. The highest BCUT2D eigenvalue weighted by molar-refractivity contribution is 6.83. The van der Waals surface area contributed by atoms with Crippen LogP contribution >= 0.6 is 0 Å². The van der Waals surface area contributed by atoms with E-state index in [1.165, 1.54) is 0 Å². The Bertz CT molecular complexity index is 267. The van der Waals surface area contributed by atoms with E-state index in [0.717, 1.165) is 12.8 Å². The molecule has 0 saturated carbocycles. The molecule has 0 radical (unpaired) electrons. The molecule has 0 heterocycles. The Morgan fingerprint density at radius 1 is 1.06 bits per heavy atom. The van der Waals surface area contributed by atoms with E-state index < -0.39 is 14.4 Å². The summed E-state index contributed by atoms with van der Waals surface area (Å²) >= 11 is 0. The summed E-state index contributed by atoms with van der Waals surface area (Å²) in [5, 5.41) is 0. The predicted molar refractivity (Wildman–Crippen MR) is 76.4 cm³/mol. The van der Waals surface area contributed by atoms with E-state index in [4.69, 9.17) is 9.47 Å². The number of ether oxygens (including phenoxy) is 2. The van der Waals surface area contributed by atoms with Gasteiger partial charge in [-0.2, -0.15) is 0 Å². The van der Waals surface area contributed by atoms with Gasteiger partial charge < -0.3 is 9.47 Å². The second-order valence-corrected chi connectivity index (χ2v) is 9.50. The number of hydrogen-bond donors (Lipinski definition) is 0. The highest BCUT2D eigenvalue weighted by Gasteiger charge is 2.10. The van der Waals surface area contributed by atoms with Crippen LogP contribution in [0.5, 0.6) is 0 Å². The van der Waals surface area contributed by atoms with Crippen molar-refractivity contribution in [2.24, 2.45) is 0 Å². The van der Waals surface area contributed by atoms with Gasteiger partial charge in [0.2, 0.25) is 6.29 Å². The quantitative estimate of drug-likeness (QED) is 0.217. The van der Waals surface area contributed by atoms with Gasteiger partial charge in [0.1, 0.15) is 8.07 Å². The van der Waals surface area contributed by atoms with Gasteiger partial charge in [-0.1, -0.05) is 31.8 Å². The summed E-state index contributed by atoms with van der Waals surface area (Å²) < 4.78 is 11.1. The molecule has 2 nitrogen and oxygen atoms in total. The van der Waals surface area contributed by atoms with E-state index >= 15 is 0 Å². The Morgan fingerprint density at radius 3 is 1.88 bits per heavy atom. The van der Waals surface area contributed by atoms with Crippen molar-refractivity contribution in [3.05, 3.63) is 25.3 Å². The molecule has 17 heavy (non-hydrogen) atoms. The zero-order valence-corrected chi connectivity index (χ0v) is 12.3. The lowest BCUT2D eigenvalue weighted by Gasteiger charge is -2.13. The summed E-state index contributed by atoms with van der Waals surface area (Å²) in [6, 6.07) is 0. The van der Waals surface area contributed by atoms with Crippen LogP contribution in [-0.4, -0.2) is 27.6 Å². The van der Waals surface area contributed by atoms with Crippen LogP contribution < -0.4 is 0 Å². The zero-order valence-electron chi connectivity index (χ0n) is 11.3. The molecule has 0 aliphatic carbocycles. The Hall–Kier alpha value is -0.823. The topological polar surface area (TPSA) is 18.5 Å². The monoisotopic (exact) mass is 252 g/mol. The molecule has 0 N–H and O–H groups in total. The lowest BCUT2D eigenvalue weighted by atomic mass is 10.4. The largest absolute Gasteiger partial charge is 0.342 e. The summed E-state index contributed by atoms with van der Waals surface area (Å²) in [4.78, 5) is 0. The van der Waals surface area contributed by atoms with Gasteiger partial charge in [0.15, 0.2) is 0 Å². The van der Waals surface area contributed by atoms with Crippen molar-refractivity contribution < 1.29 is 9.47 Å². The Morgan fingerprint density at radius 2 is 1.53 bits per heavy atom. The molecular weight excluding hydrogens is 228 g/mol. The van der Waals surface area contributed by atoms with Crippen molar-refractivity contribution in [2.45, 2.75) is 38.8 Å². The van der Waals surface area contributed by atoms with E-state index in [1.54, 1.807) is 0 Å². The van der Waals surface area contributed by atoms with Crippen molar-refractivity contribution in [1.29, 1.82) is 0 Å². The summed E-state index contributed by atoms with van der Waals surface area (Å²) in [5.41, 5.74) is 3.26. The summed E-state index contributed by atoms with van der Waals surface area (Å²) in [6.07, 6.45) is 4.87. The van der Waals surface area contributed by atoms with Crippen molar-refractivity contribution in [3.8, 4) is 11.5 Å². The molecular formula is C14H24O2Si. The molecule has 0 saturated heterocycles. The van der Waals surface area contributed by atoms with Crippen molar-refractivity contribution >= 4 is 8.07 Å². The normalized spacial score (nSPS) is 10.8. The van der Waals surface area contributed by atoms with Gasteiger partial charge in [0, 0.05) is 0 Å². The molecule has 0 aromatic carbocycles. The molecule has 3 heteroatoms. The molecule has 96 valence electrons. The van der Waals surface area contributed by atoms with Crippen molar-refractivity contribution in [3.63, 3.8) is 0 Å². The van der Waals surface area contributed by atoms with Crippen LogP contribution in [-0.2, 0) is 9.47 Å². The molecule has 0 atom stereocenters. The molecule has 0 rings (SSSR count). The zero-order chi connectivity index (χ0) is 13.1. The van der Waals surface area contributed by atoms with Crippen molar-refractivity contribution in [2.75, 3.05) is 13.2 Å². The van der Waals surface area contributed by atoms with Gasteiger partial charge in [0.05, 0.1) is 13.2 Å². The maximum atomic E-state index is 5.55. The molecule has 0 aliphatic heterocycles. The minimum absolute atomic E-state index is 0.415. The third-order valence-corrected chi connectivity index (χ3v) is 2.64. The molecule has 0 fully saturated rings. The Labute approximate surface area is 107 Å². The van der Waals surface area contributed by atoms with Gasteiger partial charge in [-0.05, 0) is 18.8 Å². The first-order valence-electron chi connectivity index (χ1n) is 5.97. The minimum atomic E-state index is -1.38. The first kappa shape index (κ1) is 16.2. The predicted octanol–water partition coefficient (Wildman–Crippen LogP) is 3.38. The van der Waals surface area contributed by atoms with E-state index in [-0.39, 0.29) is 0 Å². The maximum absolute atomic E-state index is 5.55. The fraction of sp³-hybridized carbons (Fsp3) is 0.571. The molecule has 0 amide bonds. The van der Waals surface area contributed by atoms with Crippen LogP contribution in [0.2, 0.25) is 19.6 Å². The first-order chi connectivity index (χ1) is 7.99. The lowest BCUT2D eigenvalue weighted by Crippen LogP contribution is -2.21. The fourth-order valence-electron chi connectivity index (χ4n) is 0.924. The molecule has 0 aliphatic rings. The molecule has 0 bridgehead atoms. The molecule has 0 aromatic rings. The van der Waals surface area contributed by atoms with E-state index in [1.807, 2.05) is 12.2 Å². The standard InChI is InChI=1S/C14H24O2Si/c1-6-8-11-15-14(16-12-9-7-2)10-13-17(3,4)5/h6-7,14H,1-2,8-9,11-12H2,3-5H3. The van der Waals surface area contributed by atoms with Crippen LogP contribution in [0.15, 0.2) is 25.3 Å². The van der Waals surface area contributed by atoms with E-state index in [0.29, 0.717) is 13.2 Å². The van der Waals surface area contributed by atoms with E-state index in [2.05, 4.69) is 44.3 Å². The molecule has 0 spiro atoms. The van der Waals surface area contributed by atoms with Gasteiger partial charge in [-0.3, -0.25) is 0 Å². The van der Waals surface area contributed by atoms with Crippen LogP contribution in [0.1, 0.15) is 12.8 Å². The average molecular weight is 252 g/mol. The first-order valence-corrected chi connectivity index (χ1v) is 9.47. The minimum Gasteiger partial charge on any atom is -0.342 e. The second kappa shape index (κ2) is 9.23. The van der Waals surface area contributed by atoms with Crippen molar-refractivity contribution in [1.82, 2.24) is 0 Å². The van der Waals surface area contributed by atoms with E-state index in [9.17, 15) is 0 Å². The van der Waals surface area contributed by atoms with Crippen LogP contribution in [0.3, 0.4) is 0 Å². The Balaban J connectivity index is 4.21. The SMILES string of the molecule is C=CCCOC(C#C[Si](C)(C)C)OCCC=C. The fourth-order valence-corrected chi connectivity index (χ4v) is 1.47. The van der Waals surface area contributed by atoms with Gasteiger partial charge in [-0.25, -0.2) is 0 Å². The second-order valence-electron chi connectivity index (χ2n) is 4.75. The van der Waals surface area contributed by atoms with Crippen LogP contribution in [0.25, 0.3) is 0 Å². The molecule has 0 aromatic heterocycles. The smallest absolute Gasteiger partial charge is 0.221 e. The number of rotatable bonds is 8. The lowest BCUT2D eigenvalue weighted by molar-refractivity contribution is -0.102. The molecule has 0 unspecified atom stereocenters. The highest BCUT2D eigenvalue weighted by atomic mass is 28.3. The van der Waals surface area contributed by atoms with Gasteiger partial charge >= 0.3 is 0 Å². The van der Waals surface area contributed by atoms with Crippen LogP contribution in [0, 0.1) is 11.5 Å². The summed E-state index contributed by atoms with van der Waals surface area (Å²) in [7, 11) is -1.38. The van der Waals surface area contributed by atoms with Gasteiger partial charge in [-0.15, -0.1) is 18.7 Å². The Kier molecular flexibility index (Phi) is 8.79. The highest BCUT2D eigenvalue weighted by Crippen LogP contribution is 2.01. The maximum Gasteiger partial charge on any atom is 0.221 e. The average Bonchev–Trinajstić information content (AvgIpc) is 2.24.